The van der Waals surface area contributed by atoms with Gasteiger partial charge in [-0.2, -0.15) is 5.10 Å². The van der Waals surface area contributed by atoms with Crippen LogP contribution in [0.2, 0.25) is 0 Å². The molecule has 0 radical (unpaired) electrons. The number of hydrogen-bond donors (Lipinski definition) is 1. The average molecular weight is 349 g/mol. The van der Waals surface area contributed by atoms with Gasteiger partial charge in [0.15, 0.2) is 0 Å². The lowest BCUT2D eigenvalue weighted by atomic mass is 9.99. The second-order valence-corrected chi connectivity index (χ2v) is 5.81. The first-order chi connectivity index (χ1) is 12.6. The molecule has 4 heteroatoms. The predicted octanol–water partition coefficient (Wildman–Crippen LogP) is 6.33. The Hall–Kier alpha value is -3.01. The third kappa shape index (κ3) is 4.33. The summed E-state index contributed by atoms with van der Waals surface area (Å²) in [6.07, 6.45) is 9.35. The molecule has 26 heavy (non-hydrogen) atoms. The average Bonchev–Trinajstić information content (AvgIpc) is 3.12. The molecule has 0 atom stereocenters. The van der Waals surface area contributed by atoms with Crippen LogP contribution in [-0.4, -0.2) is 15.2 Å². The fourth-order valence-electron chi connectivity index (χ4n) is 2.53. The molecular formula is C22H24FN3. The molecule has 134 valence electrons. The van der Waals surface area contributed by atoms with Crippen LogP contribution in [0, 0.1) is 5.82 Å². The van der Waals surface area contributed by atoms with Gasteiger partial charge in [0.05, 0.1) is 17.4 Å². The molecule has 0 aliphatic heterocycles. The highest BCUT2D eigenvalue weighted by Crippen LogP contribution is 2.32. The molecule has 2 heterocycles. The van der Waals surface area contributed by atoms with Crippen LogP contribution in [-0.2, 0) is 0 Å². The van der Waals surface area contributed by atoms with Crippen molar-refractivity contribution in [3.05, 3.63) is 78.6 Å². The fourth-order valence-corrected chi connectivity index (χ4v) is 2.53. The van der Waals surface area contributed by atoms with E-state index < -0.39 is 0 Å². The lowest BCUT2D eigenvalue weighted by molar-refractivity contribution is 0.629. The molecule has 0 saturated heterocycles. The molecule has 0 amide bonds. The molecule has 0 spiro atoms. The summed E-state index contributed by atoms with van der Waals surface area (Å²) in [6.45, 7) is 12.2. The highest BCUT2D eigenvalue weighted by atomic mass is 19.1. The number of allylic oxidation sites excluding steroid dienone is 5. The molecule has 3 rings (SSSR count). The summed E-state index contributed by atoms with van der Waals surface area (Å²) >= 11 is 0. The molecular weight excluding hydrogens is 325 g/mol. The first-order valence-corrected chi connectivity index (χ1v) is 8.65. The largest absolute Gasteiger partial charge is 0.277 e. The van der Waals surface area contributed by atoms with Crippen LogP contribution in [0.3, 0.4) is 0 Å². The third-order valence-corrected chi connectivity index (χ3v) is 3.68. The Labute approximate surface area is 154 Å². The van der Waals surface area contributed by atoms with E-state index in [1.807, 2.05) is 52.0 Å². The van der Waals surface area contributed by atoms with Crippen LogP contribution in [0.25, 0.3) is 27.6 Å². The zero-order chi connectivity index (χ0) is 19.1. The van der Waals surface area contributed by atoms with E-state index in [0.717, 1.165) is 27.8 Å². The lowest BCUT2D eigenvalue weighted by Crippen LogP contribution is -1.88. The smallest absolute Gasteiger partial charge is 0.125 e. The standard InChI is InChI=1S/C20H18FN3.C2H6/c1-13(2)5-4-6-14(3)20-18(12-23-24-20)16-9-10-22-19-11-15(21)7-8-17(16)19;1-2/h4-12H,3H2,1-2H3,(H,23,24);1-2H3/b6-4-;. The Morgan fingerprint density at radius 2 is 1.92 bits per heavy atom. The van der Waals surface area contributed by atoms with Crippen molar-refractivity contribution in [3.8, 4) is 11.1 Å². The van der Waals surface area contributed by atoms with Gasteiger partial charge < -0.3 is 0 Å². The molecule has 2 aromatic heterocycles. The summed E-state index contributed by atoms with van der Waals surface area (Å²) in [5.74, 6) is -0.298. The van der Waals surface area contributed by atoms with Crippen LogP contribution < -0.4 is 0 Å². The Morgan fingerprint density at radius 3 is 2.65 bits per heavy atom. The van der Waals surface area contributed by atoms with Crippen molar-refractivity contribution >= 4 is 16.5 Å². The van der Waals surface area contributed by atoms with Gasteiger partial charge in [0.1, 0.15) is 5.82 Å². The van der Waals surface area contributed by atoms with Gasteiger partial charge in [-0.05, 0) is 43.2 Å². The topological polar surface area (TPSA) is 41.6 Å². The normalized spacial score (nSPS) is 10.5. The Balaban J connectivity index is 0.00000117. The zero-order valence-corrected chi connectivity index (χ0v) is 15.7. The quantitative estimate of drug-likeness (QED) is 0.559. The molecule has 3 nitrogen and oxygen atoms in total. The summed E-state index contributed by atoms with van der Waals surface area (Å²) in [5, 5.41) is 8.04. The molecule has 0 saturated carbocycles. The van der Waals surface area contributed by atoms with Crippen molar-refractivity contribution < 1.29 is 4.39 Å². The lowest BCUT2D eigenvalue weighted by Gasteiger charge is -2.07. The van der Waals surface area contributed by atoms with E-state index in [1.54, 1.807) is 18.5 Å². The number of nitrogens with zero attached hydrogens (tertiary/aromatic N) is 2. The molecule has 1 N–H and O–H groups in total. The summed E-state index contributed by atoms with van der Waals surface area (Å²) < 4.78 is 13.4. The first-order valence-electron chi connectivity index (χ1n) is 8.65. The van der Waals surface area contributed by atoms with Crippen LogP contribution in [0.4, 0.5) is 4.39 Å². The summed E-state index contributed by atoms with van der Waals surface area (Å²) in [4.78, 5) is 4.24. The van der Waals surface area contributed by atoms with E-state index in [2.05, 4.69) is 21.8 Å². The van der Waals surface area contributed by atoms with E-state index in [4.69, 9.17) is 0 Å². The number of H-pyrrole nitrogens is 1. The summed E-state index contributed by atoms with van der Waals surface area (Å²) in [5.41, 5.74) is 5.36. The highest BCUT2D eigenvalue weighted by Gasteiger charge is 2.12. The van der Waals surface area contributed by atoms with Crippen molar-refractivity contribution in [1.29, 1.82) is 0 Å². The number of pyridine rings is 1. The monoisotopic (exact) mass is 349 g/mol. The van der Waals surface area contributed by atoms with E-state index >= 15 is 0 Å². The zero-order valence-electron chi connectivity index (χ0n) is 15.7. The number of benzene rings is 1. The maximum absolute atomic E-state index is 13.4. The molecule has 0 unspecified atom stereocenters. The first kappa shape index (κ1) is 19.3. The number of rotatable bonds is 4. The minimum absolute atomic E-state index is 0.298. The third-order valence-electron chi connectivity index (χ3n) is 3.68. The van der Waals surface area contributed by atoms with Crippen LogP contribution in [0.5, 0.6) is 0 Å². The Kier molecular flexibility index (Phi) is 6.61. The van der Waals surface area contributed by atoms with Crippen molar-refractivity contribution in [2.75, 3.05) is 0 Å². The van der Waals surface area contributed by atoms with Crippen LogP contribution >= 0.6 is 0 Å². The molecule has 0 aliphatic rings. The maximum atomic E-state index is 13.4. The minimum Gasteiger partial charge on any atom is -0.277 e. The van der Waals surface area contributed by atoms with Crippen molar-refractivity contribution in [2.24, 2.45) is 0 Å². The van der Waals surface area contributed by atoms with Gasteiger partial charge in [0.2, 0.25) is 0 Å². The number of nitrogens with one attached hydrogen (secondary N) is 1. The number of fused-ring (bicyclic) bond motifs is 1. The van der Waals surface area contributed by atoms with E-state index in [0.29, 0.717) is 5.52 Å². The molecule has 0 aliphatic carbocycles. The van der Waals surface area contributed by atoms with E-state index in [1.165, 1.54) is 17.7 Å². The van der Waals surface area contributed by atoms with E-state index in [9.17, 15) is 4.39 Å². The van der Waals surface area contributed by atoms with Gasteiger partial charge in [-0.15, -0.1) is 0 Å². The maximum Gasteiger partial charge on any atom is 0.125 e. The molecule has 1 aromatic carbocycles. The van der Waals surface area contributed by atoms with Crippen LogP contribution in [0.15, 0.2) is 67.0 Å². The number of aromatic nitrogens is 3. The number of hydrogen-bond acceptors (Lipinski definition) is 2. The highest BCUT2D eigenvalue weighted by molar-refractivity contribution is 5.97. The van der Waals surface area contributed by atoms with Crippen LogP contribution in [0.1, 0.15) is 33.4 Å². The number of aromatic amines is 1. The number of halogens is 1. The second kappa shape index (κ2) is 8.90. The molecule has 3 aromatic rings. The summed E-state index contributed by atoms with van der Waals surface area (Å²) in [7, 11) is 0. The Bertz CT molecular complexity index is 960. The van der Waals surface area contributed by atoms with Gasteiger partial charge in [0, 0.05) is 23.2 Å². The fraction of sp³-hybridized carbons (Fsp3) is 0.182. The van der Waals surface area contributed by atoms with Crippen molar-refractivity contribution in [1.82, 2.24) is 15.2 Å². The van der Waals surface area contributed by atoms with Gasteiger partial charge >= 0.3 is 0 Å². The van der Waals surface area contributed by atoms with Gasteiger partial charge in [-0.1, -0.05) is 44.2 Å². The molecule has 0 fully saturated rings. The predicted molar refractivity (Wildman–Crippen MR) is 108 cm³/mol. The van der Waals surface area contributed by atoms with Crippen molar-refractivity contribution in [3.63, 3.8) is 0 Å². The Morgan fingerprint density at radius 1 is 1.15 bits per heavy atom. The second-order valence-electron chi connectivity index (χ2n) is 5.81. The van der Waals surface area contributed by atoms with E-state index in [-0.39, 0.29) is 5.82 Å². The van der Waals surface area contributed by atoms with Gasteiger partial charge in [-0.25, -0.2) is 4.39 Å². The minimum atomic E-state index is -0.298. The van der Waals surface area contributed by atoms with Gasteiger partial charge in [-0.3, -0.25) is 10.1 Å². The summed E-state index contributed by atoms with van der Waals surface area (Å²) in [6, 6.07) is 6.52. The van der Waals surface area contributed by atoms with Gasteiger partial charge in [0.25, 0.3) is 0 Å². The molecule has 0 bridgehead atoms. The van der Waals surface area contributed by atoms with Crippen molar-refractivity contribution in [2.45, 2.75) is 27.7 Å². The SMILES string of the molecule is C=C(/C=C\C=C(C)C)c1[nH]ncc1-c1ccnc2cc(F)ccc12.CC.